The molecule has 1 saturated heterocycles. The summed E-state index contributed by atoms with van der Waals surface area (Å²) in [6, 6.07) is 3.38. The van der Waals surface area contributed by atoms with Gasteiger partial charge in [0.15, 0.2) is 0 Å². The van der Waals surface area contributed by atoms with Crippen molar-refractivity contribution >= 4 is 17.5 Å². The molecule has 4 nitrogen and oxygen atoms in total. The molecule has 18 heavy (non-hydrogen) atoms. The first-order chi connectivity index (χ1) is 8.58. The maximum atomic E-state index is 12.2. The van der Waals surface area contributed by atoms with Crippen LogP contribution in [-0.4, -0.2) is 29.1 Å². The second-order valence-electron chi connectivity index (χ2n) is 4.71. The quantitative estimate of drug-likeness (QED) is 0.775. The van der Waals surface area contributed by atoms with Gasteiger partial charge < -0.3 is 0 Å². The van der Waals surface area contributed by atoms with Gasteiger partial charge in [0, 0.05) is 17.8 Å². The van der Waals surface area contributed by atoms with E-state index in [0.717, 1.165) is 18.5 Å². The molecule has 2 heterocycles. The number of aromatic nitrogens is 1. The van der Waals surface area contributed by atoms with Crippen molar-refractivity contribution in [2.75, 3.05) is 13.2 Å². The van der Waals surface area contributed by atoms with E-state index in [1.54, 1.807) is 12.1 Å². The number of halogens is 1. The number of hydroxylamine groups is 2. The molecule has 0 atom stereocenters. The van der Waals surface area contributed by atoms with Crippen LogP contribution in [0, 0.1) is 0 Å². The predicted octanol–water partition coefficient (Wildman–Crippen LogP) is 3.03. The van der Waals surface area contributed by atoms with Crippen LogP contribution in [0.25, 0.3) is 0 Å². The van der Waals surface area contributed by atoms with Gasteiger partial charge in [-0.2, -0.15) is 0 Å². The third kappa shape index (κ3) is 3.00. The van der Waals surface area contributed by atoms with Crippen LogP contribution >= 0.6 is 11.6 Å². The van der Waals surface area contributed by atoms with Crippen molar-refractivity contribution in [3.8, 4) is 0 Å². The van der Waals surface area contributed by atoms with E-state index in [-0.39, 0.29) is 11.8 Å². The summed E-state index contributed by atoms with van der Waals surface area (Å²) >= 11 is 5.95. The Morgan fingerprint density at radius 3 is 2.83 bits per heavy atom. The normalized spacial score (nSPS) is 16.1. The molecule has 0 N–H and O–H groups in total. The minimum atomic E-state index is -0.138. The number of carbonyl (C=O) groups excluding carboxylic acids is 1. The molecule has 1 aliphatic rings. The highest BCUT2D eigenvalue weighted by Gasteiger charge is 2.20. The molecule has 0 unspecified atom stereocenters. The molecule has 2 rings (SSSR count). The van der Waals surface area contributed by atoms with Crippen LogP contribution in [0.5, 0.6) is 0 Å². The highest BCUT2D eigenvalue weighted by atomic mass is 35.5. The molecule has 0 aliphatic carbocycles. The number of hydrogen-bond acceptors (Lipinski definition) is 3. The standard InChI is InChI=1S/C13H17ClN2O2/c1-9(2)11-7-10(8-12(14)15-11)13(17)16-5-3-4-6-18-16/h7-9H,3-6H2,1-2H3. The van der Waals surface area contributed by atoms with Crippen molar-refractivity contribution in [1.29, 1.82) is 0 Å². The van der Waals surface area contributed by atoms with E-state index < -0.39 is 0 Å². The zero-order valence-electron chi connectivity index (χ0n) is 10.6. The van der Waals surface area contributed by atoms with E-state index in [9.17, 15) is 4.79 Å². The zero-order chi connectivity index (χ0) is 13.1. The Morgan fingerprint density at radius 1 is 1.44 bits per heavy atom. The van der Waals surface area contributed by atoms with Crippen LogP contribution in [0.3, 0.4) is 0 Å². The third-order valence-electron chi connectivity index (χ3n) is 2.88. The number of amides is 1. The molecule has 98 valence electrons. The Balaban J connectivity index is 2.23. The summed E-state index contributed by atoms with van der Waals surface area (Å²) in [5.74, 6) is 0.0958. The van der Waals surface area contributed by atoms with Gasteiger partial charge in [-0.3, -0.25) is 9.63 Å². The van der Waals surface area contributed by atoms with Gasteiger partial charge in [-0.25, -0.2) is 10.0 Å². The molecule has 0 bridgehead atoms. The van der Waals surface area contributed by atoms with Gasteiger partial charge in [0.25, 0.3) is 5.91 Å². The van der Waals surface area contributed by atoms with Crippen molar-refractivity contribution in [2.45, 2.75) is 32.6 Å². The molecule has 0 aromatic carbocycles. The Hall–Kier alpha value is -1.13. The lowest BCUT2D eigenvalue weighted by molar-refractivity contribution is -0.144. The average molecular weight is 269 g/mol. The Bertz CT molecular complexity index is 443. The smallest absolute Gasteiger partial charge is 0.271 e. The number of pyridine rings is 1. The van der Waals surface area contributed by atoms with E-state index in [1.807, 2.05) is 13.8 Å². The average Bonchev–Trinajstić information content (AvgIpc) is 2.38. The first kappa shape index (κ1) is 13.3. The Labute approximate surface area is 112 Å². The second kappa shape index (κ2) is 5.67. The molecule has 1 aromatic rings. The number of hydrogen-bond donors (Lipinski definition) is 0. The largest absolute Gasteiger partial charge is 0.277 e. The fourth-order valence-corrected chi connectivity index (χ4v) is 2.05. The molecule has 1 aliphatic heterocycles. The van der Waals surface area contributed by atoms with Gasteiger partial charge in [0.05, 0.1) is 6.61 Å². The van der Waals surface area contributed by atoms with Gasteiger partial charge in [-0.15, -0.1) is 0 Å². The van der Waals surface area contributed by atoms with E-state index in [0.29, 0.717) is 23.9 Å². The summed E-state index contributed by atoms with van der Waals surface area (Å²) in [4.78, 5) is 21.8. The summed E-state index contributed by atoms with van der Waals surface area (Å²) < 4.78 is 0. The van der Waals surface area contributed by atoms with Gasteiger partial charge >= 0.3 is 0 Å². The molecular weight excluding hydrogens is 252 g/mol. The highest BCUT2D eigenvalue weighted by Crippen LogP contribution is 2.20. The molecule has 1 fully saturated rings. The molecular formula is C13H17ClN2O2. The van der Waals surface area contributed by atoms with Crippen molar-refractivity contribution in [3.05, 3.63) is 28.5 Å². The summed E-state index contributed by atoms with van der Waals surface area (Å²) in [7, 11) is 0. The van der Waals surface area contributed by atoms with Crippen LogP contribution in [0.15, 0.2) is 12.1 Å². The van der Waals surface area contributed by atoms with E-state index in [4.69, 9.17) is 16.4 Å². The van der Waals surface area contributed by atoms with Crippen LogP contribution in [0.1, 0.15) is 48.7 Å². The lowest BCUT2D eigenvalue weighted by atomic mass is 10.1. The fourth-order valence-electron chi connectivity index (χ4n) is 1.84. The van der Waals surface area contributed by atoms with E-state index >= 15 is 0 Å². The Kier molecular flexibility index (Phi) is 4.19. The second-order valence-corrected chi connectivity index (χ2v) is 5.09. The fraction of sp³-hybridized carbons (Fsp3) is 0.538. The minimum Gasteiger partial charge on any atom is -0.271 e. The lowest BCUT2D eigenvalue weighted by Crippen LogP contribution is -2.35. The summed E-state index contributed by atoms with van der Waals surface area (Å²) in [6.07, 6.45) is 1.97. The SMILES string of the molecule is CC(C)c1cc(C(=O)N2CCCCO2)cc(Cl)n1. The number of nitrogens with zero attached hydrogens (tertiary/aromatic N) is 2. The molecule has 1 amide bonds. The topological polar surface area (TPSA) is 42.4 Å². The van der Waals surface area contributed by atoms with Gasteiger partial charge in [0.2, 0.25) is 0 Å². The minimum absolute atomic E-state index is 0.138. The summed E-state index contributed by atoms with van der Waals surface area (Å²) in [5.41, 5.74) is 1.36. The van der Waals surface area contributed by atoms with E-state index in [2.05, 4.69) is 4.98 Å². The van der Waals surface area contributed by atoms with Gasteiger partial charge in [-0.05, 0) is 30.9 Å². The summed E-state index contributed by atoms with van der Waals surface area (Å²) in [6.45, 7) is 5.27. The van der Waals surface area contributed by atoms with Crippen molar-refractivity contribution in [3.63, 3.8) is 0 Å². The maximum Gasteiger partial charge on any atom is 0.277 e. The Morgan fingerprint density at radius 2 is 2.22 bits per heavy atom. The molecule has 0 saturated carbocycles. The molecule has 5 heteroatoms. The van der Waals surface area contributed by atoms with Crippen LogP contribution in [0.2, 0.25) is 5.15 Å². The van der Waals surface area contributed by atoms with Crippen LogP contribution < -0.4 is 0 Å². The monoisotopic (exact) mass is 268 g/mol. The highest BCUT2D eigenvalue weighted by molar-refractivity contribution is 6.29. The van der Waals surface area contributed by atoms with Crippen LogP contribution in [-0.2, 0) is 4.84 Å². The van der Waals surface area contributed by atoms with Crippen molar-refractivity contribution in [1.82, 2.24) is 10.0 Å². The molecule has 0 radical (unpaired) electrons. The van der Waals surface area contributed by atoms with Crippen molar-refractivity contribution < 1.29 is 9.63 Å². The third-order valence-corrected chi connectivity index (χ3v) is 3.08. The molecule has 0 spiro atoms. The first-order valence-corrected chi connectivity index (χ1v) is 6.58. The first-order valence-electron chi connectivity index (χ1n) is 6.20. The van der Waals surface area contributed by atoms with E-state index in [1.165, 1.54) is 5.06 Å². The maximum absolute atomic E-state index is 12.2. The van der Waals surface area contributed by atoms with Gasteiger partial charge in [0.1, 0.15) is 5.15 Å². The number of carbonyl (C=O) groups is 1. The predicted molar refractivity (Wildman–Crippen MR) is 69.6 cm³/mol. The lowest BCUT2D eigenvalue weighted by Gasteiger charge is -2.26. The molecule has 1 aromatic heterocycles. The zero-order valence-corrected chi connectivity index (χ0v) is 11.4. The summed E-state index contributed by atoms with van der Waals surface area (Å²) in [5, 5.41) is 1.76. The van der Waals surface area contributed by atoms with Crippen LogP contribution in [0.4, 0.5) is 0 Å². The van der Waals surface area contributed by atoms with Crippen molar-refractivity contribution in [2.24, 2.45) is 0 Å². The number of rotatable bonds is 2. The van der Waals surface area contributed by atoms with Gasteiger partial charge in [-0.1, -0.05) is 25.4 Å².